The van der Waals surface area contributed by atoms with Crippen LogP contribution < -0.4 is 5.32 Å². The van der Waals surface area contributed by atoms with E-state index in [1.807, 2.05) is 0 Å². The van der Waals surface area contributed by atoms with E-state index in [2.05, 4.69) is 5.32 Å². The molecule has 1 fully saturated rings. The van der Waals surface area contributed by atoms with Gasteiger partial charge in [-0.1, -0.05) is 11.6 Å². The SMILES string of the molecule is O=C(CC(F)(F)F)Nc1cc(Cl)ccc1C(=O)N1CCCCC1. The van der Waals surface area contributed by atoms with Crippen molar-refractivity contribution < 1.29 is 22.8 Å². The van der Waals surface area contributed by atoms with Gasteiger partial charge in [-0.05, 0) is 37.5 Å². The number of nitrogens with one attached hydrogen (secondary N) is 1. The summed E-state index contributed by atoms with van der Waals surface area (Å²) in [6.07, 6.45) is -3.42. The lowest BCUT2D eigenvalue weighted by Gasteiger charge is -2.27. The molecular formula is C15H16ClF3N2O2. The summed E-state index contributed by atoms with van der Waals surface area (Å²) in [6, 6.07) is 4.17. The van der Waals surface area contributed by atoms with Crippen LogP contribution in [0, 0.1) is 0 Å². The highest BCUT2D eigenvalue weighted by atomic mass is 35.5. The van der Waals surface area contributed by atoms with Gasteiger partial charge >= 0.3 is 6.18 Å². The van der Waals surface area contributed by atoms with Crippen molar-refractivity contribution in [2.24, 2.45) is 0 Å². The molecule has 0 aliphatic carbocycles. The fraction of sp³-hybridized carbons (Fsp3) is 0.467. The summed E-state index contributed by atoms with van der Waals surface area (Å²) in [7, 11) is 0. The van der Waals surface area contributed by atoms with Gasteiger partial charge in [0.25, 0.3) is 5.91 Å². The van der Waals surface area contributed by atoms with E-state index in [1.165, 1.54) is 18.2 Å². The molecule has 1 aliphatic rings. The number of nitrogens with zero attached hydrogens (tertiary/aromatic N) is 1. The Kier molecular flexibility index (Phi) is 5.51. The maximum atomic E-state index is 12.5. The van der Waals surface area contributed by atoms with Crippen molar-refractivity contribution in [1.82, 2.24) is 4.90 Å². The first-order valence-electron chi connectivity index (χ1n) is 7.22. The van der Waals surface area contributed by atoms with E-state index in [1.54, 1.807) is 4.90 Å². The number of amides is 2. The van der Waals surface area contributed by atoms with Gasteiger partial charge in [0.2, 0.25) is 5.91 Å². The first-order chi connectivity index (χ1) is 10.8. The topological polar surface area (TPSA) is 49.4 Å². The lowest BCUT2D eigenvalue weighted by molar-refractivity contribution is -0.150. The molecule has 23 heavy (non-hydrogen) atoms. The summed E-state index contributed by atoms with van der Waals surface area (Å²) < 4.78 is 36.8. The summed E-state index contributed by atoms with van der Waals surface area (Å²) in [5.74, 6) is -1.55. The van der Waals surface area contributed by atoms with Crippen LogP contribution in [-0.2, 0) is 4.79 Å². The molecule has 1 N–H and O–H groups in total. The number of carbonyl (C=O) groups is 2. The molecular weight excluding hydrogens is 333 g/mol. The third kappa shape index (κ3) is 5.13. The number of benzene rings is 1. The van der Waals surface area contributed by atoms with Crippen molar-refractivity contribution in [3.05, 3.63) is 28.8 Å². The fourth-order valence-corrected chi connectivity index (χ4v) is 2.62. The molecule has 0 aromatic heterocycles. The number of hydrogen-bond donors (Lipinski definition) is 1. The van der Waals surface area contributed by atoms with Gasteiger partial charge in [0, 0.05) is 18.1 Å². The van der Waals surface area contributed by atoms with E-state index in [0.717, 1.165) is 19.3 Å². The van der Waals surface area contributed by atoms with Crippen LogP contribution in [0.3, 0.4) is 0 Å². The van der Waals surface area contributed by atoms with E-state index in [4.69, 9.17) is 11.6 Å². The van der Waals surface area contributed by atoms with Gasteiger partial charge < -0.3 is 10.2 Å². The molecule has 1 aliphatic heterocycles. The minimum absolute atomic E-state index is 0.00215. The molecule has 2 rings (SSSR count). The fourth-order valence-electron chi connectivity index (χ4n) is 2.45. The second-order valence-corrected chi connectivity index (χ2v) is 5.82. The Morgan fingerprint density at radius 3 is 2.43 bits per heavy atom. The number of carbonyl (C=O) groups excluding carboxylic acids is 2. The number of alkyl halides is 3. The van der Waals surface area contributed by atoms with E-state index >= 15 is 0 Å². The quantitative estimate of drug-likeness (QED) is 0.901. The predicted octanol–water partition coefficient (Wildman–Crippen LogP) is 3.86. The zero-order valence-electron chi connectivity index (χ0n) is 12.3. The van der Waals surface area contributed by atoms with Crippen LogP contribution in [0.5, 0.6) is 0 Å². The Morgan fingerprint density at radius 2 is 1.83 bits per heavy atom. The summed E-state index contributed by atoms with van der Waals surface area (Å²) >= 11 is 5.83. The summed E-state index contributed by atoms with van der Waals surface area (Å²) in [6.45, 7) is 1.19. The van der Waals surface area contributed by atoms with Crippen LogP contribution in [0.4, 0.5) is 18.9 Å². The second kappa shape index (κ2) is 7.21. The highest BCUT2D eigenvalue weighted by Crippen LogP contribution is 2.26. The largest absolute Gasteiger partial charge is 0.397 e. The Labute approximate surface area is 136 Å². The van der Waals surface area contributed by atoms with Gasteiger partial charge in [-0.15, -0.1) is 0 Å². The molecule has 0 unspecified atom stereocenters. The molecule has 1 aromatic rings. The van der Waals surface area contributed by atoms with Gasteiger partial charge in [0.05, 0.1) is 11.3 Å². The first kappa shape index (κ1) is 17.6. The van der Waals surface area contributed by atoms with Crippen LogP contribution in [0.2, 0.25) is 5.02 Å². The zero-order valence-corrected chi connectivity index (χ0v) is 13.0. The molecule has 0 spiro atoms. The maximum Gasteiger partial charge on any atom is 0.397 e. The van der Waals surface area contributed by atoms with E-state index < -0.39 is 18.5 Å². The number of likely N-dealkylation sites (tertiary alicyclic amines) is 1. The average molecular weight is 349 g/mol. The van der Waals surface area contributed by atoms with Gasteiger partial charge in [-0.3, -0.25) is 9.59 Å². The Balaban J connectivity index is 2.19. The van der Waals surface area contributed by atoms with Gasteiger partial charge in [0.1, 0.15) is 6.42 Å². The Hall–Kier alpha value is -1.76. The van der Waals surface area contributed by atoms with Crippen molar-refractivity contribution in [2.45, 2.75) is 31.9 Å². The van der Waals surface area contributed by atoms with Crippen molar-refractivity contribution >= 4 is 29.1 Å². The molecule has 126 valence electrons. The molecule has 8 heteroatoms. The molecule has 0 radical (unpaired) electrons. The molecule has 0 bridgehead atoms. The van der Waals surface area contributed by atoms with Crippen molar-refractivity contribution in [3.8, 4) is 0 Å². The molecule has 1 heterocycles. The van der Waals surface area contributed by atoms with E-state index in [-0.39, 0.29) is 22.2 Å². The minimum Gasteiger partial charge on any atom is -0.339 e. The van der Waals surface area contributed by atoms with E-state index in [9.17, 15) is 22.8 Å². The predicted molar refractivity (Wildman–Crippen MR) is 80.5 cm³/mol. The maximum absolute atomic E-state index is 12.5. The van der Waals surface area contributed by atoms with Crippen molar-refractivity contribution in [2.75, 3.05) is 18.4 Å². The van der Waals surface area contributed by atoms with Crippen LogP contribution in [0.15, 0.2) is 18.2 Å². The standard InChI is InChI=1S/C15H16ClF3N2O2/c16-10-4-5-11(14(23)21-6-2-1-3-7-21)12(8-10)20-13(22)9-15(17,18)19/h4-5,8H,1-3,6-7,9H2,(H,20,22). The second-order valence-electron chi connectivity index (χ2n) is 5.38. The van der Waals surface area contributed by atoms with Gasteiger partial charge in [0.15, 0.2) is 0 Å². The van der Waals surface area contributed by atoms with E-state index in [0.29, 0.717) is 13.1 Å². The smallest absolute Gasteiger partial charge is 0.339 e. The third-order valence-electron chi connectivity index (χ3n) is 3.49. The minimum atomic E-state index is -4.61. The molecule has 4 nitrogen and oxygen atoms in total. The summed E-state index contributed by atoms with van der Waals surface area (Å²) in [5.41, 5.74) is 0.147. The highest BCUT2D eigenvalue weighted by Gasteiger charge is 2.32. The summed E-state index contributed by atoms with van der Waals surface area (Å²) in [4.78, 5) is 25.6. The van der Waals surface area contributed by atoms with Crippen LogP contribution in [-0.4, -0.2) is 36.0 Å². The Morgan fingerprint density at radius 1 is 1.17 bits per heavy atom. The van der Waals surface area contributed by atoms with Gasteiger partial charge in [-0.25, -0.2) is 0 Å². The number of piperidine rings is 1. The van der Waals surface area contributed by atoms with Crippen LogP contribution >= 0.6 is 11.6 Å². The molecule has 0 saturated carbocycles. The zero-order chi connectivity index (χ0) is 17.0. The van der Waals surface area contributed by atoms with Gasteiger partial charge in [-0.2, -0.15) is 13.2 Å². The lowest BCUT2D eigenvalue weighted by atomic mass is 10.1. The van der Waals surface area contributed by atoms with Crippen molar-refractivity contribution in [3.63, 3.8) is 0 Å². The average Bonchev–Trinajstić information content (AvgIpc) is 2.45. The van der Waals surface area contributed by atoms with Crippen molar-refractivity contribution in [1.29, 1.82) is 0 Å². The number of hydrogen-bond acceptors (Lipinski definition) is 2. The lowest BCUT2D eigenvalue weighted by Crippen LogP contribution is -2.36. The molecule has 0 atom stereocenters. The normalized spacial score (nSPS) is 15.4. The third-order valence-corrected chi connectivity index (χ3v) is 3.73. The first-order valence-corrected chi connectivity index (χ1v) is 7.59. The monoisotopic (exact) mass is 348 g/mol. The molecule has 1 saturated heterocycles. The van der Waals surface area contributed by atoms with Crippen LogP contribution in [0.25, 0.3) is 0 Å². The number of anilines is 1. The highest BCUT2D eigenvalue weighted by molar-refractivity contribution is 6.31. The molecule has 1 aromatic carbocycles. The van der Waals surface area contributed by atoms with Crippen LogP contribution in [0.1, 0.15) is 36.0 Å². The summed E-state index contributed by atoms with van der Waals surface area (Å²) in [5, 5.41) is 2.36. The molecule has 2 amide bonds. The number of rotatable bonds is 3. The Bertz CT molecular complexity index is 599. The number of halogens is 4.